The molecular formula is C23H25N7O3S. The first-order chi connectivity index (χ1) is 16.6. The van der Waals surface area contributed by atoms with E-state index in [1.807, 2.05) is 28.9 Å². The average Bonchev–Trinajstić information content (AvgIpc) is 3.47. The zero-order valence-corrected chi connectivity index (χ0v) is 19.8. The van der Waals surface area contributed by atoms with Gasteiger partial charge in [0.15, 0.2) is 0 Å². The van der Waals surface area contributed by atoms with Gasteiger partial charge in [-0.05, 0) is 25.0 Å². The number of amides is 2. The summed E-state index contributed by atoms with van der Waals surface area (Å²) in [5.41, 5.74) is 2.93. The zero-order chi connectivity index (χ0) is 23.2. The minimum Gasteiger partial charge on any atom is -0.494 e. The molecule has 3 aromatic heterocycles. The van der Waals surface area contributed by atoms with Gasteiger partial charge >= 0.3 is 6.03 Å². The Hall–Kier alpha value is -3.44. The zero-order valence-electron chi connectivity index (χ0n) is 19.0. The van der Waals surface area contributed by atoms with Gasteiger partial charge in [0.05, 0.1) is 55.7 Å². The molecule has 10 nitrogen and oxygen atoms in total. The molecule has 0 unspecified atom stereocenters. The first-order valence-electron chi connectivity index (χ1n) is 11.3. The molecule has 176 valence electrons. The standard InChI is InChI=1S/C23H25N7O3S/c1-13-11-33-6-5-30(13)23(31)29-4-3-15-19(10-29)34-22-20(15)21(24-12-25-22)27-17-7-14-9-26-28-16(14)8-18(17)32-2/h7-9,12-13H,3-6,10-11H2,1-2H3,(H,26,28)(H,24,25,27)/t13-/m1/s1. The average molecular weight is 480 g/mol. The Morgan fingerprint density at radius 1 is 1.32 bits per heavy atom. The minimum absolute atomic E-state index is 0.0847. The van der Waals surface area contributed by atoms with Gasteiger partial charge in [0.25, 0.3) is 0 Å². The fraction of sp³-hybridized carbons (Fsp3) is 0.391. The number of aromatic amines is 1. The molecule has 0 spiro atoms. The Morgan fingerprint density at radius 2 is 2.24 bits per heavy atom. The summed E-state index contributed by atoms with van der Waals surface area (Å²) in [5, 5.41) is 12.5. The summed E-state index contributed by atoms with van der Waals surface area (Å²) in [7, 11) is 1.64. The van der Waals surface area contributed by atoms with Crippen LogP contribution in [-0.4, -0.2) is 75.5 Å². The number of carbonyl (C=O) groups excluding carboxylic acids is 1. The molecule has 0 radical (unpaired) electrons. The number of aromatic nitrogens is 4. The van der Waals surface area contributed by atoms with Crippen molar-refractivity contribution in [3.05, 3.63) is 35.1 Å². The number of fused-ring (bicyclic) bond motifs is 4. The smallest absolute Gasteiger partial charge is 0.320 e. The van der Waals surface area contributed by atoms with Crippen molar-refractivity contribution in [1.82, 2.24) is 30.0 Å². The highest BCUT2D eigenvalue weighted by Gasteiger charge is 2.32. The van der Waals surface area contributed by atoms with Crippen molar-refractivity contribution in [3.8, 4) is 5.75 Å². The van der Waals surface area contributed by atoms with E-state index >= 15 is 0 Å². The van der Waals surface area contributed by atoms with Gasteiger partial charge in [-0.2, -0.15) is 5.10 Å². The number of H-pyrrole nitrogens is 1. The van der Waals surface area contributed by atoms with Gasteiger partial charge in [0, 0.05) is 29.4 Å². The number of morpholine rings is 1. The third kappa shape index (κ3) is 3.51. The molecule has 0 saturated carbocycles. The van der Waals surface area contributed by atoms with Crippen molar-refractivity contribution < 1.29 is 14.3 Å². The molecule has 1 saturated heterocycles. The summed E-state index contributed by atoms with van der Waals surface area (Å²) < 4.78 is 11.1. The van der Waals surface area contributed by atoms with Gasteiger partial charge in [-0.1, -0.05) is 0 Å². The van der Waals surface area contributed by atoms with Crippen LogP contribution >= 0.6 is 11.3 Å². The van der Waals surface area contributed by atoms with Crippen LogP contribution < -0.4 is 10.1 Å². The Balaban J connectivity index is 1.32. The van der Waals surface area contributed by atoms with Crippen LogP contribution in [0.5, 0.6) is 5.75 Å². The SMILES string of the molecule is COc1cc2[nH]ncc2cc1Nc1ncnc2sc3c(c12)CCN(C(=O)N1CCOC[C@H]1C)C3. The van der Waals surface area contributed by atoms with E-state index in [-0.39, 0.29) is 12.1 Å². The number of carbonyl (C=O) groups is 1. The summed E-state index contributed by atoms with van der Waals surface area (Å²) in [6.45, 7) is 5.11. The van der Waals surface area contributed by atoms with Crippen LogP contribution in [0.2, 0.25) is 0 Å². The van der Waals surface area contributed by atoms with Crippen molar-refractivity contribution in [2.45, 2.75) is 25.9 Å². The molecule has 2 aliphatic rings. The molecule has 0 aliphatic carbocycles. The normalized spacial score (nSPS) is 18.4. The number of benzene rings is 1. The van der Waals surface area contributed by atoms with Crippen LogP contribution in [0.4, 0.5) is 16.3 Å². The topological polar surface area (TPSA) is 108 Å². The van der Waals surface area contributed by atoms with Crippen molar-refractivity contribution in [2.75, 3.05) is 38.7 Å². The summed E-state index contributed by atoms with van der Waals surface area (Å²) in [5.74, 6) is 1.44. The molecule has 4 aromatic rings. The van der Waals surface area contributed by atoms with Crippen LogP contribution in [0, 0.1) is 0 Å². The van der Waals surface area contributed by atoms with Gasteiger partial charge in [0.1, 0.15) is 22.7 Å². The molecule has 1 aromatic carbocycles. The second-order valence-electron chi connectivity index (χ2n) is 8.61. The number of nitrogens with one attached hydrogen (secondary N) is 2. The highest BCUT2D eigenvalue weighted by atomic mass is 32.1. The number of hydrogen-bond donors (Lipinski definition) is 2. The van der Waals surface area contributed by atoms with E-state index in [1.165, 1.54) is 5.56 Å². The number of ether oxygens (including phenoxy) is 2. The highest BCUT2D eigenvalue weighted by molar-refractivity contribution is 7.19. The van der Waals surface area contributed by atoms with Crippen molar-refractivity contribution >= 4 is 50.0 Å². The Kier molecular flexibility index (Phi) is 5.22. The second-order valence-corrected chi connectivity index (χ2v) is 9.70. The fourth-order valence-corrected chi connectivity index (χ4v) is 5.95. The van der Waals surface area contributed by atoms with Gasteiger partial charge in [0.2, 0.25) is 0 Å². The molecular weight excluding hydrogens is 454 g/mol. The van der Waals surface area contributed by atoms with Gasteiger partial charge < -0.3 is 24.6 Å². The molecule has 2 aliphatic heterocycles. The lowest BCUT2D eigenvalue weighted by molar-refractivity contribution is 0.00947. The first kappa shape index (κ1) is 21.1. The third-order valence-corrected chi connectivity index (χ3v) is 7.66. The monoisotopic (exact) mass is 479 g/mol. The predicted octanol–water partition coefficient (Wildman–Crippen LogP) is 3.52. The van der Waals surface area contributed by atoms with Crippen LogP contribution in [-0.2, 0) is 17.7 Å². The number of urea groups is 1. The fourth-order valence-electron chi connectivity index (χ4n) is 4.74. The van der Waals surface area contributed by atoms with Gasteiger partial charge in [-0.25, -0.2) is 14.8 Å². The van der Waals surface area contributed by atoms with E-state index in [1.54, 1.807) is 31.0 Å². The third-order valence-electron chi connectivity index (χ3n) is 6.53. The van der Waals surface area contributed by atoms with Gasteiger partial charge in [-0.15, -0.1) is 11.3 Å². The molecule has 1 atom stereocenters. The number of anilines is 2. The molecule has 5 heterocycles. The minimum atomic E-state index is 0.0847. The van der Waals surface area contributed by atoms with E-state index in [4.69, 9.17) is 9.47 Å². The summed E-state index contributed by atoms with van der Waals surface area (Å²) in [6.07, 6.45) is 4.12. The number of methoxy groups -OCH3 is 1. The van der Waals surface area contributed by atoms with Crippen LogP contribution in [0.25, 0.3) is 21.1 Å². The second kappa shape index (κ2) is 8.41. The van der Waals surface area contributed by atoms with Crippen LogP contribution in [0.1, 0.15) is 17.4 Å². The van der Waals surface area contributed by atoms with Gasteiger partial charge in [-0.3, -0.25) is 5.10 Å². The van der Waals surface area contributed by atoms with Crippen molar-refractivity contribution in [3.63, 3.8) is 0 Å². The summed E-state index contributed by atoms with van der Waals surface area (Å²) in [6, 6.07) is 4.09. The number of hydrogen-bond acceptors (Lipinski definition) is 8. The Bertz CT molecular complexity index is 1380. The molecule has 6 rings (SSSR count). The Labute approximate surface area is 199 Å². The van der Waals surface area contributed by atoms with E-state index in [9.17, 15) is 4.79 Å². The maximum absolute atomic E-state index is 13.2. The molecule has 2 amide bonds. The number of thiophene rings is 1. The predicted molar refractivity (Wildman–Crippen MR) is 130 cm³/mol. The van der Waals surface area contributed by atoms with E-state index in [0.717, 1.165) is 43.9 Å². The maximum Gasteiger partial charge on any atom is 0.320 e. The molecule has 34 heavy (non-hydrogen) atoms. The number of nitrogens with zero attached hydrogens (tertiary/aromatic N) is 5. The van der Waals surface area contributed by atoms with E-state index < -0.39 is 0 Å². The molecule has 0 bridgehead atoms. The molecule has 1 fully saturated rings. The quantitative estimate of drug-likeness (QED) is 0.463. The lowest BCUT2D eigenvalue weighted by Gasteiger charge is -2.38. The summed E-state index contributed by atoms with van der Waals surface area (Å²) >= 11 is 1.63. The van der Waals surface area contributed by atoms with Crippen LogP contribution in [0.3, 0.4) is 0 Å². The lowest BCUT2D eigenvalue weighted by Crippen LogP contribution is -2.53. The van der Waals surface area contributed by atoms with Crippen LogP contribution in [0.15, 0.2) is 24.7 Å². The Morgan fingerprint density at radius 3 is 3.09 bits per heavy atom. The van der Waals surface area contributed by atoms with E-state index in [2.05, 4.69) is 25.5 Å². The van der Waals surface area contributed by atoms with Crippen molar-refractivity contribution in [2.24, 2.45) is 0 Å². The van der Waals surface area contributed by atoms with E-state index in [0.29, 0.717) is 38.6 Å². The maximum atomic E-state index is 13.2. The number of rotatable bonds is 3. The largest absolute Gasteiger partial charge is 0.494 e. The summed E-state index contributed by atoms with van der Waals surface area (Å²) in [4.78, 5) is 28.2. The first-order valence-corrected chi connectivity index (χ1v) is 12.1. The molecule has 11 heteroatoms. The molecule has 2 N–H and O–H groups in total. The lowest BCUT2D eigenvalue weighted by atomic mass is 10.0. The highest BCUT2D eigenvalue weighted by Crippen LogP contribution is 2.40. The van der Waals surface area contributed by atoms with Crippen molar-refractivity contribution in [1.29, 1.82) is 0 Å².